The van der Waals surface area contributed by atoms with Gasteiger partial charge in [-0.15, -0.1) is 0 Å². The SMILES string of the molecule is Cc1ccc(/C(=C/c2ccc(C(C)C)cc2)C(=O)O)cc1F. The molecule has 2 aromatic carbocycles. The van der Waals surface area contributed by atoms with Crippen molar-refractivity contribution >= 4 is 17.6 Å². The van der Waals surface area contributed by atoms with Gasteiger partial charge in [-0.1, -0.05) is 50.2 Å². The van der Waals surface area contributed by atoms with E-state index in [-0.39, 0.29) is 5.57 Å². The summed E-state index contributed by atoms with van der Waals surface area (Å²) >= 11 is 0. The number of aliphatic carboxylic acids is 1. The van der Waals surface area contributed by atoms with Crippen LogP contribution in [0.3, 0.4) is 0 Å². The molecule has 0 aliphatic carbocycles. The van der Waals surface area contributed by atoms with Crippen LogP contribution in [0.25, 0.3) is 11.6 Å². The highest BCUT2D eigenvalue weighted by Gasteiger charge is 2.12. The summed E-state index contributed by atoms with van der Waals surface area (Å²) in [7, 11) is 0. The van der Waals surface area contributed by atoms with Gasteiger partial charge in [-0.3, -0.25) is 0 Å². The Morgan fingerprint density at radius 2 is 1.77 bits per heavy atom. The van der Waals surface area contributed by atoms with Crippen LogP contribution in [0.4, 0.5) is 4.39 Å². The average molecular weight is 298 g/mol. The first-order valence-corrected chi connectivity index (χ1v) is 7.20. The summed E-state index contributed by atoms with van der Waals surface area (Å²) in [6.45, 7) is 5.85. The summed E-state index contributed by atoms with van der Waals surface area (Å²) < 4.78 is 13.7. The van der Waals surface area contributed by atoms with Crippen molar-refractivity contribution in [3.8, 4) is 0 Å². The van der Waals surface area contributed by atoms with Gasteiger partial charge in [0.25, 0.3) is 0 Å². The highest BCUT2D eigenvalue weighted by atomic mass is 19.1. The van der Waals surface area contributed by atoms with Crippen LogP contribution in [0.15, 0.2) is 42.5 Å². The fourth-order valence-electron chi connectivity index (χ4n) is 2.17. The van der Waals surface area contributed by atoms with Crippen molar-refractivity contribution in [2.75, 3.05) is 0 Å². The lowest BCUT2D eigenvalue weighted by molar-refractivity contribution is -0.130. The maximum absolute atomic E-state index is 13.7. The van der Waals surface area contributed by atoms with Gasteiger partial charge in [-0.25, -0.2) is 9.18 Å². The summed E-state index contributed by atoms with van der Waals surface area (Å²) in [6.07, 6.45) is 1.57. The van der Waals surface area contributed by atoms with E-state index in [4.69, 9.17) is 0 Å². The topological polar surface area (TPSA) is 37.3 Å². The molecule has 0 amide bonds. The zero-order chi connectivity index (χ0) is 16.3. The molecule has 0 unspecified atom stereocenters. The molecule has 0 fully saturated rings. The quantitative estimate of drug-likeness (QED) is 0.645. The number of hydrogen-bond acceptors (Lipinski definition) is 1. The van der Waals surface area contributed by atoms with Gasteiger partial charge in [-0.05, 0) is 47.2 Å². The molecule has 0 radical (unpaired) electrons. The van der Waals surface area contributed by atoms with Gasteiger partial charge >= 0.3 is 5.97 Å². The molecule has 0 aromatic heterocycles. The van der Waals surface area contributed by atoms with Crippen molar-refractivity contribution in [1.82, 2.24) is 0 Å². The smallest absolute Gasteiger partial charge is 0.336 e. The van der Waals surface area contributed by atoms with Crippen LogP contribution >= 0.6 is 0 Å². The Labute approximate surface area is 129 Å². The van der Waals surface area contributed by atoms with Crippen molar-refractivity contribution in [3.05, 3.63) is 70.5 Å². The van der Waals surface area contributed by atoms with Crippen molar-refractivity contribution in [3.63, 3.8) is 0 Å². The maximum Gasteiger partial charge on any atom is 0.336 e. The maximum atomic E-state index is 13.7. The largest absolute Gasteiger partial charge is 0.478 e. The Morgan fingerprint density at radius 3 is 2.27 bits per heavy atom. The van der Waals surface area contributed by atoms with E-state index in [0.29, 0.717) is 17.0 Å². The lowest BCUT2D eigenvalue weighted by Gasteiger charge is -2.07. The minimum Gasteiger partial charge on any atom is -0.478 e. The molecule has 1 N–H and O–H groups in total. The van der Waals surface area contributed by atoms with Crippen LogP contribution in [0.2, 0.25) is 0 Å². The molecule has 0 spiro atoms. The first-order valence-electron chi connectivity index (χ1n) is 7.20. The highest BCUT2D eigenvalue weighted by Crippen LogP contribution is 2.22. The number of hydrogen-bond donors (Lipinski definition) is 1. The third-order valence-corrected chi connectivity index (χ3v) is 3.63. The van der Waals surface area contributed by atoms with E-state index in [1.54, 1.807) is 25.1 Å². The van der Waals surface area contributed by atoms with Crippen LogP contribution in [-0.4, -0.2) is 11.1 Å². The standard InChI is InChI=1S/C19H19FO2/c1-12(2)15-8-5-14(6-9-15)10-17(19(21)22)16-7-4-13(3)18(20)11-16/h4-12H,1-3H3,(H,21,22)/b17-10-. The van der Waals surface area contributed by atoms with Gasteiger partial charge in [0.1, 0.15) is 5.82 Å². The van der Waals surface area contributed by atoms with Crippen LogP contribution in [0, 0.1) is 12.7 Å². The van der Waals surface area contributed by atoms with Crippen molar-refractivity contribution in [2.24, 2.45) is 0 Å². The number of rotatable bonds is 4. The van der Waals surface area contributed by atoms with Crippen LogP contribution in [-0.2, 0) is 4.79 Å². The molecule has 0 atom stereocenters. The van der Waals surface area contributed by atoms with E-state index in [1.165, 1.54) is 11.6 Å². The minimum atomic E-state index is -1.07. The molecule has 2 rings (SSSR count). The zero-order valence-corrected chi connectivity index (χ0v) is 12.9. The predicted molar refractivity (Wildman–Crippen MR) is 87.2 cm³/mol. The van der Waals surface area contributed by atoms with Crippen LogP contribution in [0.1, 0.15) is 42.0 Å². The highest BCUT2D eigenvalue weighted by molar-refractivity contribution is 6.20. The van der Waals surface area contributed by atoms with E-state index in [9.17, 15) is 14.3 Å². The molecule has 2 aromatic rings. The number of benzene rings is 2. The fourth-order valence-corrected chi connectivity index (χ4v) is 2.17. The lowest BCUT2D eigenvalue weighted by atomic mass is 9.98. The molecule has 0 heterocycles. The molecule has 0 aliphatic heterocycles. The molecule has 22 heavy (non-hydrogen) atoms. The predicted octanol–water partition coefficient (Wildman–Crippen LogP) is 4.88. The normalized spacial score (nSPS) is 11.8. The van der Waals surface area contributed by atoms with Gasteiger partial charge in [0.2, 0.25) is 0 Å². The Bertz CT molecular complexity index is 713. The van der Waals surface area contributed by atoms with Crippen molar-refractivity contribution in [1.29, 1.82) is 0 Å². The summed E-state index contributed by atoms with van der Waals surface area (Å²) in [5.41, 5.74) is 2.91. The Hall–Kier alpha value is -2.42. The first kappa shape index (κ1) is 16.0. The molecular weight excluding hydrogens is 279 g/mol. The minimum absolute atomic E-state index is 0.0798. The molecule has 3 heteroatoms. The Kier molecular flexibility index (Phi) is 4.76. The fraction of sp³-hybridized carbons (Fsp3) is 0.211. The van der Waals surface area contributed by atoms with Gasteiger partial charge in [-0.2, -0.15) is 0 Å². The number of aryl methyl sites for hydroxylation is 1. The summed E-state index contributed by atoms with van der Waals surface area (Å²) in [5.74, 6) is -1.06. The Balaban J connectivity index is 2.42. The van der Waals surface area contributed by atoms with E-state index >= 15 is 0 Å². The molecule has 0 saturated carbocycles. The van der Waals surface area contributed by atoms with E-state index in [1.807, 2.05) is 24.3 Å². The second-order valence-corrected chi connectivity index (χ2v) is 5.65. The summed E-state index contributed by atoms with van der Waals surface area (Å²) in [5, 5.41) is 9.40. The average Bonchev–Trinajstić information content (AvgIpc) is 2.48. The number of carbonyl (C=O) groups is 1. The van der Waals surface area contributed by atoms with Crippen molar-refractivity contribution < 1.29 is 14.3 Å². The van der Waals surface area contributed by atoms with Gasteiger partial charge in [0.15, 0.2) is 0 Å². The molecule has 0 saturated heterocycles. The molecule has 0 bridgehead atoms. The van der Waals surface area contributed by atoms with E-state index in [0.717, 1.165) is 5.56 Å². The van der Waals surface area contributed by atoms with Gasteiger partial charge < -0.3 is 5.11 Å². The molecule has 114 valence electrons. The second kappa shape index (κ2) is 6.56. The first-order chi connectivity index (χ1) is 10.4. The monoisotopic (exact) mass is 298 g/mol. The number of halogens is 1. The summed E-state index contributed by atoms with van der Waals surface area (Å²) in [4.78, 5) is 11.5. The van der Waals surface area contributed by atoms with Crippen LogP contribution < -0.4 is 0 Å². The Morgan fingerprint density at radius 1 is 1.14 bits per heavy atom. The molecule has 2 nitrogen and oxygen atoms in total. The molecular formula is C19H19FO2. The van der Waals surface area contributed by atoms with Gasteiger partial charge in [0, 0.05) is 0 Å². The van der Waals surface area contributed by atoms with Crippen LogP contribution in [0.5, 0.6) is 0 Å². The number of carboxylic acid groups (broad SMARTS) is 1. The van der Waals surface area contributed by atoms with Gasteiger partial charge in [0.05, 0.1) is 5.57 Å². The second-order valence-electron chi connectivity index (χ2n) is 5.65. The molecule has 0 aliphatic rings. The van der Waals surface area contributed by atoms with E-state index in [2.05, 4.69) is 13.8 Å². The lowest BCUT2D eigenvalue weighted by Crippen LogP contribution is -2.00. The third kappa shape index (κ3) is 3.61. The summed E-state index contributed by atoms with van der Waals surface area (Å²) in [6, 6.07) is 12.2. The zero-order valence-electron chi connectivity index (χ0n) is 12.9. The van der Waals surface area contributed by atoms with Crippen molar-refractivity contribution in [2.45, 2.75) is 26.7 Å². The number of carboxylic acids is 1. The van der Waals surface area contributed by atoms with E-state index < -0.39 is 11.8 Å². The third-order valence-electron chi connectivity index (χ3n) is 3.63.